The maximum atomic E-state index is 12.2. The molecule has 19 heavy (non-hydrogen) atoms. The van der Waals surface area contributed by atoms with Crippen LogP contribution in [0.5, 0.6) is 0 Å². The average molecular weight is 274 g/mol. The van der Waals surface area contributed by atoms with Crippen LogP contribution in [0.25, 0.3) is 10.3 Å². The van der Waals surface area contributed by atoms with Gasteiger partial charge in [-0.1, -0.05) is 0 Å². The lowest BCUT2D eigenvalue weighted by Crippen LogP contribution is -2.23. The van der Waals surface area contributed by atoms with Crippen LogP contribution < -0.4 is 5.69 Å². The Balaban J connectivity index is 1.80. The van der Waals surface area contributed by atoms with Gasteiger partial charge in [0.05, 0.1) is 17.8 Å². The van der Waals surface area contributed by atoms with Gasteiger partial charge >= 0.3 is 5.69 Å². The zero-order valence-electron chi connectivity index (χ0n) is 10.7. The molecule has 0 radical (unpaired) electrons. The van der Waals surface area contributed by atoms with E-state index in [1.54, 1.807) is 15.9 Å². The van der Waals surface area contributed by atoms with Gasteiger partial charge in [-0.3, -0.25) is 13.8 Å². The summed E-state index contributed by atoms with van der Waals surface area (Å²) in [5.74, 6) is 0. The lowest BCUT2D eigenvalue weighted by molar-refractivity contribution is 0.629. The second-order valence-electron chi connectivity index (χ2n) is 4.99. The third-order valence-corrected chi connectivity index (χ3v) is 4.75. The normalized spacial score (nSPS) is 14.4. The molecule has 0 aromatic carbocycles. The van der Waals surface area contributed by atoms with E-state index in [2.05, 4.69) is 15.8 Å². The van der Waals surface area contributed by atoms with E-state index in [1.807, 2.05) is 23.1 Å². The molecule has 1 aliphatic heterocycles. The van der Waals surface area contributed by atoms with Crippen molar-refractivity contribution in [1.82, 2.24) is 18.9 Å². The minimum Gasteiger partial charge on any atom is -0.286 e. The minimum absolute atomic E-state index is 0.0370. The van der Waals surface area contributed by atoms with Crippen molar-refractivity contribution in [3.05, 3.63) is 39.4 Å². The highest BCUT2D eigenvalue weighted by Crippen LogP contribution is 2.21. The van der Waals surface area contributed by atoms with Gasteiger partial charge in [-0.2, -0.15) is 5.10 Å². The van der Waals surface area contributed by atoms with Gasteiger partial charge in [-0.25, -0.2) is 4.79 Å². The molecule has 5 nitrogen and oxygen atoms in total. The van der Waals surface area contributed by atoms with Gasteiger partial charge in [0.1, 0.15) is 4.83 Å². The molecule has 98 valence electrons. The Morgan fingerprint density at radius 3 is 3.21 bits per heavy atom. The Morgan fingerprint density at radius 2 is 2.37 bits per heavy atom. The molecule has 0 amide bonds. The Morgan fingerprint density at radius 1 is 1.47 bits per heavy atom. The smallest absolute Gasteiger partial charge is 0.286 e. The molecule has 0 saturated carbocycles. The van der Waals surface area contributed by atoms with E-state index in [4.69, 9.17) is 0 Å². The summed E-state index contributed by atoms with van der Waals surface area (Å²) in [7, 11) is 1.82. The zero-order valence-corrected chi connectivity index (χ0v) is 11.5. The van der Waals surface area contributed by atoms with Crippen molar-refractivity contribution in [3.8, 4) is 0 Å². The van der Waals surface area contributed by atoms with Crippen molar-refractivity contribution in [1.29, 1.82) is 0 Å². The molecule has 0 fully saturated rings. The average Bonchev–Trinajstić information content (AvgIpc) is 3.10. The summed E-state index contributed by atoms with van der Waals surface area (Å²) in [5, 5.41) is 6.60. The topological polar surface area (TPSA) is 44.8 Å². The van der Waals surface area contributed by atoms with Crippen molar-refractivity contribution in [2.45, 2.75) is 25.9 Å². The molecule has 3 aromatic rings. The summed E-state index contributed by atoms with van der Waals surface area (Å²) < 4.78 is 5.59. The molecule has 0 unspecified atom stereocenters. The number of rotatable bonds is 2. The summed E-state index contributed by atoms with van der Waals surface area (Å²) >= 11 is 1.60. The predicted molar refractivity (Wildman–Crippen MR) is 74.7 cm³/mol. The first kappa shape index (κ1) is 11.0. The maximum Gasteiger partial charge on any atom is 0.329 e. The van der Waals surface area contributed by atoms with Crippen LogP contribution in [0.4, 0.5) is 0 Å². The number of thiophene rings is 1. The lowest BCUT2D eigenvalue weighted by Gasteiger charge is -1.99. The van der Waals surface area contributed by atoms with Gasteiger partial charge < -0.3 is 0 Å². The van der Waals surface area contributed by atoms with Crippen LogP contribution in [-0.4, -0.2) is 18.9 Å². The predicted octanol–water partition coefficient (Wildman–Crippen LogP) is 1.59. The van der Waals surface area contributed by atoms with Gasteiger partial charge in [0, 0.05) is 19.3 Å². The first-order valence-corrected chi connectivity index (χ1v) is 7.30. The molecule has 0 atom stereocenters. The van der Waals surface area contributed by atoms with Crippen LogP contribution in [0.3, 0.4) is 0 Å². The molecule has 0 N–H and O–H groups in total. The van der Waals surface area contributed by atoms with Gasteiger partial charge in [0.25, 0.3) is 0 Å². The number of nitrogens with zero attached hydrogens (tertiary/aromatic N) is 4. The lowest BCUT2D eigenvalue weighted by atomic mass is 10.2. The molecule has 3 aromatic heterocycles. The van der Waals surface area contributed by atoms with Gasteiger partial charge in [0.2, 0.25) is 0 Å². The molecule has 0 aliphatic carbocycles. The van der Waals surface area contributed by atoms with E-state index in [0.29, 0.717) is 6.54 Å². The Kier molecular flexibility index (Phi) is 2.23. The highest BCUT2D eigenvalue weighted by molar-refractivity contribution is 7.16. The second kappa shape index (κ2) is 3.84. The Bertz CT molecular complexity index is 798. The van der Waals surface area contributed by atoms with Gasteiger partial charge in [0.15, 0.2) is 0 Å². The highest BCUT2D eigenvalue weighted by atomic mass is 32.1. The highest BCUT2D eigenvalue weighted by Gasteiger charge is 2.16. The van der Waals surface area contributed by atoms with Crippen molar-refractivity contribution < 1.29 is 0 Å². The van der Waals surface area contributed by atoms with Crippen LogP contribution in [-0.2, 0) is 26.6 Å². The number of hydrogen-bond acceptors (Lipinski definition) is 3. The fourth-order valence-electron chi connectivity index (χ4n) is 2.83. The number of imidazole rings is 1. The molecular weight excluding hydrogens is 260 g/mol. The van der Waals surface area contributed by atoms with E-state index in [-0.39, 0.29) is 5.69 Å². The molecule has 1 aliphatic rings. The van der Waals surface area contributed by atoms with E-state index in [0.717, 1.165) is 29.0 Å². The van der Waals surface area contributed by atoms with Gasteiger partial charge in [-0.15, -0.1) is 11.3 Å². The molecule has 4 heterocycles. The number of fused-ring (bicyclic) bond motifs is 2. The molecule has 0 bridgehead atoms. The van der Waals surface area contributed by atoms with Crippen molar-refractivity contribution >= 4 is 21.7 Å². The zero-order chi connectivity index (χ0) is 13.0. The fraction of sp³-hybridized carbons (Fsp3) is 0.385. The third kappa shape index (κ3) is 1.53. The largest absolute Gasteiger partial charge is 0.329 e. The first-order valence-electron chi connectivity index (χ1n) is 6.42. The van der Waals surface area contributed by atoms with E-state index in [1.165, 1.54) is 12.1 Å². The van der Waals surface area contributed by atoms with Crippen LogP contribution in [0.15, 0.2) is 22.3 Å². The van der Waals surface area contributed by atoms with Crippen molar-refractivity contribution in [2.75, 3.05) is 0 Å². The third-order valence-electron chi connectivity index (χ3n) is 3.77. The minimum atomic E-state index is 0.0370. The van der Waals surface area contributed by atoms with Crippen molar-refractivity contribution in [3.63, 3.8) is 0 Å². The maximum absolute atomic E-state index is 12.2. The second-order valence-corrected chi connectivity index (χ2v) is 5.89. The monoisotopic (exact) mass is 274 g/mol. The SMILES string of the molecule is Cn1c(=O)n(Cc2cc3n(n2)CCC3)c2ccsc21. The summed E-state index contributed by atoms with van der Waals surface area (Å²) in [6, 6.07) is 4.13. The molecular formula is C13H14N4OS. The van der Waals surface area contributed by atoms with E-state index >= 15 is 0 Å². The summed E-state index contributed by atoms with van der Waals surface area (Å²) in [6.07, 6.45) is 2.28. The molecule has 4 rings (SSSR count). The summed E-state index contributed by atoms with van der Waals surface area (Å²) in [5.41, 5.74) is 3.32. The molecule has 0 saturated heterocycles. The van der Waals surface area contributed by atoms with E-state index in [9.17, 15) is 4.79 Å². The Labute approximate surface area is 113 Å². The number of aromatic nitrogens is 4. The first-order chi connectivity index (χ1) is 9.24. The number of aryl methyl sites for hydroxylation is 3. The molecule has 0 spiro atoms. The van der Waals surface area contributed by atoms with Gasteiger partial charge in [-0.05, 0) is 30.4 Å². The fourth-order valence-corrected chi connectivity index (χ4v) is 3.69. The summed E-state index contributed by atoms with van der Waals surface area (Å²) in [4.78, 5) is 13.3. The Hall–Kier alpha value is -1.82. The standard InChI is InChI=1S/C13H14N4OS/c1-15-12-11(4-6-19-12)16(13(15)18)8-9-7-10-3-2-5-17(10)14-9/h4,6-7H,2-3,5,8H2,1H3. The van der Waals surface area contributed by atoms with Crippen LogP contribution in [0.1, 0.15) is 17.8 Å². The quantitative estimate of drug-likeness (QED) is 0.712. The van der Waals surface area contributed by atoms with Crippen LogP contribution in [0.2, 0.25) is 0 Å². The van der Waals surface area contributed by atoms with E-state index < -0.39 is 0 Å². The number of hydrogen-bond donors (Lipinski definition) is 0. The van der Waals surface area contributed by atoms with Crippen molar-refractivity contribution in [2.24, 2.45) is 7.05 Å². The van der Waals surface area contributed by atoms with Crippen LogP contribution >= 0.6 is 11.3 Å². The summed E-state index contributed by atoms with van der Waals surface area (Å²) in [6.45, 7) is 1.57. The molecule has 6 heteroatoms. The van der Waals surface area contributed by atoms with Crippen LogP contribution in [0, 0.1) is 0 Å².